The molecular weight excluding hydrogens is 222 g/mol. The van der Waals surface area contributed by atoms with Crippen molar-refractivity contribution < 1.29 is 14.6 Å². The van der Waals surface area contributed by atoms with Gasteiger partial charge in [0.1, 0.15) is 0 Å². The van der Waals surface area contributed by atoms with Crippen molar-refractivity contribution in [2.24, 2.45) is 0 Å². The summed E-state index contributed by atoms with van der Waals surface area (Å²) in [6.45, 7) is 3.30. The van der Waals surface area contributed by atoms with Crippen molar-refractivity contribution in [3.05, 3.63) is 11.4 Å². The third-order valence-corrected chi connectivity index (χ3v) is 3.11. The van der Waals surface area contributed by atoms with Crippen LogP contribution in [0.5, 0.6) is 0 Å². The van der Waals surface area contributed by atoms with Gasteiger partial charge in [-0.2, -0.15) is 0 Å². The smallest absolute Gasteiger partial charge is 0.358 e. The first-order valence-corrected chi connectivity index (χ1v) is 5.93. The number of ether oxygens (including phenoxy) is 1. The summed E-state index contributed by atoms with van der Waals surface area (Å²) in [5, 5.41) is 16.3. The van der Waals surface area contributed by atoms with Gasteiger partial charge in [0.05, 0.1) is 11.8 Å². The molecule has 2 heterocycles. The molecule has 1 fully saturated rings. The largest absolute Gasteiger partial charge is 0.476 e. The molecule has 1 aliphatic rings. The molecule has 0 aliphatic carbocycles. The van der Waals surface area contributed by atoms with E-state index in [1.807, 2.05) is 0 Å². The molecule has 0 saturated carbocycles. The number of aryl methyl sites for hydroxylation is 1. The minimum atomic E-state index is -1.02. The van der Waals surface area contributed by atoms with Gasteiger partial charge in [-0.05, 0) is 32.6 Å². The zero-order valence-corrected chi connectivity index (χ0v) is 9.93. The number of nitrogens with zero attached hydrogens (tertiary/aromatic N) is 3. The van der Waals surface area contributed by atoms with Crippen molar-refractivity contribution in [1.29, 1.82) is 0 Å². The van der Waals surface area contributed by atoms with E-state index in [-0.39, 0.29) is 5.69 Å². The molecule has 0 bridgehead atoms. The quantitative estimate of drug-likeness (QED) is 0.836. The van der Waals surface area contributed by atoms with Gasteiger partial charge in [0.2, 0.25) is 0 Å². The number of aromatic nitrogens is 3. The van der Waals surface area contributed by atoms with Crippen molar-refractivity contribution in [3.63, 3.8) is 0 Å². The number of carbonyl (C=O) groups is 1. The third-order valence-electron chi connectivity index (χ3n) is 3.11. The average Bonchev–Trinajstić information content (AvgIpc) is 2.89. The molecule has 1 N–H and O–H groups in total. The fourth-order valence-electron chi connectivity index (χ4n) is 2.11. The highest BCUT2D eigenvalue weighted by molar-refractivity contribution is 5.86. The van der Waals surface area contributed by atoms with Crippen LogP contribution in [0, 0.1) is 6.92 Å². The van der Waals surface area contributed by atoms with Gasteiger partial charge in [-0.1, -0.05) is 5.21 Å². The molecule has 1 aromatic heterocycles. The van der Waals surface area contributed by atoms with Crippen LogP contribution in [-0.2, 0) is 11.3 Å². The summed E-state index contributed by atoms with van der Waals surface area (Å²) in [6.07, 6.45) is 4.60. The second-order valence-electron chi connectivity index (χ2n) is 4.33. The lowest BCUT2D eigenvalue weighted by Crippen LogP contribution is -2.09. The summed E-state index contributed by atoms with van der Waals surface area (Å²) in [5.41, 5.74) is 0.659. The van der Waals surface area contributed by atoms with Crippen LogP contribution in [0.2, 0.25) is 0 Å². The van der Waals surface area contributed by atoms with E-state index in [1.165, 1.54) is 0 Å². The first-order valence-electron chi connectivity index (χ1n) is 5.93. The van der Waals surface area contributed by atoms with E-state index in [0.717, 1.165) is 32.3 Å². The maximum atomic E-state index is 10.8. The molecule has 1 atom stereocenters. The monoisotopic (exact) mass is 239 g/mol. The van der Waals surface area contributed by atoms with E-state index in [0.29, 0.717) is 18.3 Å². The van der Waals surface area contributed by atoms with E-state index >= 15 is 0 Å². The molecule has 2 rings (SSSR count). The molecule has 1 aliphatic heterocycles. The molecule has 6 heteroatoms. The van der Waals surface area contributed by atoms with E-state index in [2.05, 4.69) is 10.3 Å². The van der Waals surface area contributed by atoms with Gasteiger partial charge >= 0.3 is 5.97 Å². The molecule has 1 aromatic rings. The van der Waals surface area contributed by atoms with Gasteiger partial charge in [0.15, 0.2) is 5.69 Å². The molecule has 0 spiro atoms. The number of carboxylic acid groups (broad SMARTS) is 1. The fraction of sp³-hybridized carbons (Fsp3) is 0.727. The zero-order valence-electron chi connectivity index (χ0n) is 9.93. The third kappa shape index (κ3) is 2.82. The molecule has 6 nitrogen and oxygen atoms in total. The van der Waals surface area contributed by atoms with Crippen LogP contribution in [0.4, 0.5) is 0 Å². The van der Waals surface area contributed by atoms with Gasteiger partial charge in [-0.3, -0.25) is 0 Å². The van der Waals surface area contributed by atoms with Crippen molar-refractivity contribution in [1.82, 2.24) is 15.0 Å². The standard InChI is InChI=1S/C11H17N3O3/c1-8-10(11(15)16)12-13-14(8)6-2-4-9-5-3-7-17-9/h9H,2-7H2,1H3,(H,15,16). The number of rotatable bonds is 5. The normalized spacial score (nSPS) is 19.7. The van der Waals surface area contributed by atoms with E-state index in [1.54, 1.807) is 11.6 Å². The Hall–Kier alpha value is -1.43. The second-order valence-corrected chi connectivity index (χ2v) is 4.33. The molecule has 0 amide bonds. The topological polar surface area (TPSA) is 77.2 Å². The summed E-state index contributed by atoms with van der Waals surface area (Å²) in [6, 6.07) is 0. The van der Waals surface area contributed by atoms with Crippen LogP contribution in [0.1, 0.15) is 41.9 Å². The van der Waals surface area contributed by atoms with Crippen molar-refractivity contribution >= 4 is 5.97 Å². The molecule has 1 unspecified atom stereocenters. The number of hydrogen-bond acceptors (Lipinski definition) is 4. The Labute approximate surface area is 99.6 Å². The molecule has 0 radical (unpaired) electrons. The number of carboxylic acids is 1. The van der Waals surface area contributed by atoms with Gasteiger partial charge in [0.25, 0.3) is 0 Å². The Morgan fingerprint density at radius 1 is 1.65 bits per heavy atom. The lowest BCUT2D eigenvalue weighted by atomic mass is 10.1. The van der Waals surface area contributed by atoms with Crippen molar-refractivity contribution in [2.45, 2.75) is 45.3 Å². The van der Waals surface area contributed by atoms with Crippen LogP contribution in [0.3, 0.4) is 0 Å². The van der Waals surface area contributed by atoms with Gasteiger partial charge < -0.3 is 9.84 Å². The number of aromatic carboxylic acids is 1. The van der Waals surface area contributed by atoms with Crippen LogP contribution < -0.4 is 0 Å². The highest BCUT2D eigenvalue weighted by Crippen LogP contribution is 2.17. The molecule has 0 aromatic carbocycles. The van der Waals surface area contributed by atoms with Crippen LogP contribution in [0.25, 0.3) is 0 Å². The Kier molecular flexibility index (Phi) is 3.73. The lowest BCUT2D eigenvalue weighted by molar-refractivity contribution is 0.0689. The van der Waals surface area contributed by atoms with Crippen LogP contribution in [-0.4, -0.2) is 38.8 Å². The Balaban J connectivity index is 1.84. The summed E-state index contributed by atoms with van der Waals surface area (Å²) < 4.78 is 7.18. The number of hydrogen-bond donors (Lipinski definition) is 1. The summed E-state index contributed by atoms with van der Waals surface area (Å²) in [7, 11) is 0. The minimum Gasteiger partial charge on any atom is -0.476 e. The van der Waals surface area contributed by atoms with Crippen LogP contribution in [0.15, 0.2) is 0 Å². The summed E-state index contributed by atoms with van der Waals surface area (Å²) in [5.74, 6) is -1.02. The highest BCUT2D eigenvalue weighted by Gasteiger charge is 2.17. The van der Waals surface area contributed by atoms with Crippen molar-refractivity contribution in [3.8, 4) is 0 Å². The fourth-order valence-corrected chi connectivity index (χ4v) is 2.11. The summed E-state index contributed by atoms with van der Waals surface area (Å²) >= 11 is 0. The Morgan fingerprint density at radius 2 is 2.47 bits per heavy atom. The molecular formula is C11H17N3O3. The average molecular weight is 239 g/mol. The first-order chi connectivity index (χ1) is 8.18. The zero-order chi connectivity index (χ0) is 12.3. The maximum Gasteiger partial charge on any atom is 0.358 e. The lowest BCUT2D eigenvalue weighted by Gasteiger charge is -2.09. The predicted molar refractivity (Wildman–Crippen MR) is 59.9 cm³/mol. The van der Waals surface area contributed by atoms with Gasteiger partial charge in [0, 0.05) is 13.2 Å². The summed E-state index contributed by atoms with van der Waals surface area (Å²) in [4.78, 5) is 10.8. The highest BCUT2D eigenvalue weighted by atomic mass is 16.5. The van der Waals surface area contributed by atoms with Crippen LogP contribution >= 0.6 is 0 Å². The second kappa shape index (κ2) is 5.27. The Morgan fingerprint density at radius 3 is 3.06 bits per heavy atom. The van der Waals surface area contributed by atoms with Gasteiger partial charge in [-0.15, -0.1) is 5.10 Å². The maximum absolute atomic E-state index is 10.8. The SMILES string of the molecule is Cc1c(C(=O)O)nnn1CCCC1CCCO1. The first kappa shape index (κ1) is 12.0. The van der Waals surface area contributed by atoms with Crippen molar-refractivity contribution in [2.75, 3.05) is 6.61 Å². The van der Waals surface area contributed by atoms with E-state index < -0.39 is 5.97 Å². The molecule has 17 heavy (non-hydrogen) atoms. The van der Waals surface area contributed by atoms with Gasteiger partial charge in [-0.25, -0.2) is 9.48 Å². The molecule has 1 saturated heterocycles. The predicted octanol–water partition coefficient (Wildman–Crippen LogP) is 1.24. The molecule has 94 valence electrons. The Bertz CT molecular complexity index is 397. The van der Waals surface area contributed by atoms with E-state index in [9.17, 15) is 4.79 Å². The minimum absolute atomic E-state index is 0.0436. The van der Waals surface area contributed by atoms with E-state index in [4.69, 9.17) is 9.84 Å².